The molecule has 0 unspecified atom stereocenters. The summed E-state index contributed by atoms with van der Waals surface area (Å²) in [5.41, 5.74) is 13.0. The maximum absolute atomic E-state index is 13.7. The Morgan fingerprint density at radius 2 is 1.29 bits per heavy atom. The molecule has 0 aliphatic carbocycles. The number of aryl methyl sites for hydroxylation is 1. The molecule has 45 heavy (non-hydrogen) atoms. The van der Waals surface area contributed by atoms with Crippen molar-refractivity contribution in [3.05, 3.63) is 168 Å². The Bertz CT molecular complexity index is 2130. The molecule has 2 aromatic heterocycles. The maximum atomic E-state index is 13.7. The number of amides is 1. The third kappa shape index (κ3) is 5.67. The average Bonchev–Trinajstić information content (AvgIpc) is 3.48. The van der Waals surface area contributed by atoms with Crippen LogP contribution in [0.25, 0.3) is 50.4 Å². The van der Waals surface area contributed by atoms with Crippen molar-refractivity contribution in [2.75, 3.05) is 0 Å². The molecule has 216 valence electrons. The molecule has 1 amide bonds. The maximum Gasteiger partial charge on any atom is 0.272 e. The molecule has 0 radical (unpaired) electrons. The van der Waals surface area contributed by atoms with Crippen LogP contribution in [0.2, 0.25) is 0 Å². The van der Waals surface area contributed by atoms with Crippen LogP contribution in [0.5, 0.6) is 0 Å². The van der Waals surface area contributed by atoms with Crippen molar-refractivity contribution in [2.45, 2.75) is 6.92 Å². The number of hydrogen-bond donors (Lipinski definition) is 1. The van der Waals surface area contributed by atoms with Crippen molar-refractivity contribution < 1.29 is 4.79 Å². The Labute approximate surface area is 262 Å². The molecule has 7 aromatic rings. The third-order valence-electron chi connectivity index (χ3n) is 7.84. The fourth-order valence-electron chi connectivity index (χ4n) is 5.64. The van der Waals surface area contributed by atoms with E-state index in [1.165, 1.54) is 5.56 Å². The van der Waals surface area contributed by atoms with Gasteiger partial charge in [-0.3, -0.25) is 4.79 Å². The minimum absolute atomic E-state index is 0.301. The van der Waals surface area contributed by atoms with Crippen molar-refractivity contribution in [3.63, 3.8) is 0 Å². The summed E-state index contributed by atoms with van der Waals surface area (Å²) < 4.78 is 2.26. The predicted molar refractivity (Wildman–Crippen MR) is 184 cm³/mol. The van der Waals surface area contributed by atoms with E-state index in [9.17, 15) is 4.79 Å². The molecule has 5 aromatic carbocycles. The molecule has 2 heterocycles. The number of benzene rings is 5. The van der Waals surface area contributed by atoms with Crippen LogP contribution >= 0.6 is 0 Å². The summed E-state index contributed by atoms with van der Waals surface area (Å²) in [5.74, 6) is -0.301. The van der Waals surface area contributed by atoms with E-state index in [4.69, 9.17) is 4.98 Å². The summed E-state index contributed by atoms with van der Waals surface area (Å²) in [4.78, 5) is 18.5. The van der Waals surface area contributed by atoms with Gasteiger partial charge in [-0.25, -0.2) is 10.4 Å². The monoisotopic (exact) mass is 582 g/mol. The number of hydrazone groups is 1. The van der Waals surface area contributed by atoms with Crippen LogP contribution in [0.3, 0.4) is 0 Å². The van der Waals surface area contributed by atoms with Gasteiger partial charge in [0.2, 0.25) is 0 Å². The molecule has 0 saturated carbocycles. The molecule has 0 aliphatic heterocycles. The normalized spacial score (nSPS) is 11.2. The molecule has 5 heteroatoms. The van der Waals surface area contributed by atoms with Crippen LogP contribution < -0.4 is 5.43 Å². The minimum Gasteiger partial charge on any atom is -0.309 e. The zero-order valence-electron chi connectivity index (χ0n) is 24.8. The van der Waals surface area contributed by atoms with Crippen molar-refractivity contribution in [1.29, 1.82) is 0 Å². The lowest BCUT2D eigenvalue weighted by atomic mass is 10.0. The van der Waals surface area contributed by atoms with Crippen molar-refractivity contribution >= 4 is 23.0 Å². The van der Waals surface area contributed by atoms with Crippen LogP contribution in [-0.4, -0.2) is 21.7 Å². The fourth-order valence-corrected chi connectivity index (χ4v) is 5.64. The smallest absolute Gasteiger partial charge is 0.272 e. The summed E-state index contributed by atoms with van der Waals surface area (Å²) >= 11 is 0. The Morgan fingerprint density at radius 3 is 1.98 bits per heavy atom. The number of rotatable bonds is 7. The van der Waals surface area contributed by atoms with Crippen LogP contribution in [0.15, 0.2) is 157 Å². The quantitative estimate of drug-likeness (QED) is 0.151. The third-order valence-corrected chi connectivity index (χ3v) is 7.84. The largest absolute Gasteiger partial charge is 0.309 e. The zero-order chi connectivity index (χ0) is 30.6. The predicted octanol–water partition coefficient (Wildman–Crippen LogP) is 9.10. The molecule has 7 rings (SSSR count). The highest BCUT2D eigenvalue weighted by atomic mass is 16.2. The van der Waals surface area contributed by atoms with Gasteiger partial charge < -0.3 is 4.57 Å². The summed E-state index contributed by atoms with van der Waals surface area (Å²) in [7, 11) is 0. The molecule has 0 saturated heterocycles. The first kappa shape index (κ1) is 27.7. The molecule has 0 fully saturated rings. The number of nitrogens with zero attached hydrogens (tertiary/aromatic N) is 3. The molecule has 0 spiro atoms. The van der Waals surface area contributed by atoms with Crippen LogP contribution in [0.4, 0.5) is 0 Å². The van der Waals surface area contributed by atoms with Crippen molar-refractivity contribution in [1.82, 2.24) is 15.0 Å². The Hall–Kier alpha value is -6.07. The van der Waals surface area contributed by atoms with E-state index in [0.29, 0.717) is 5.56 Å². The van der Waals surface area contributed by atoms with E-state index >= 15 is 0 Å². The number of nitrogens with one attached hydrogen (secondary N) is 1. The highest BCUT2D eigenvalue weighted by Crippen LogP contribution is 2.35. The average molecular weight is 583 g/mol. The molecule has 0 bridgehead atoms. The molecular formula is C40H30N4O. The van der Waals surface area contributed by atoms with E-state index in [-0.39, 0.29) is 5.91 Å². The lowest BCUT2D eigenvalue weighted by Gasteiger charge is -2.15. The van der Waals surface area contributed by atoms with Gasteiger partial charge in [0.1, 0.15) is 0 Å². The van der Waals surface area contributed by atoms with E-state index < -0.39 is 0 Å². The van der Waals surface area contributed by atoms with E-state index in [1.54, 1.807) is 6.21 Å². The van der Waals surface area contributed by atoms with Gasteiger partial charge in [0.25, 0.3) is 5.91 Å². The van der Waals surface area contributed by atoms with Crippen molar-refractivity contribution in [3.8, 4) is 39.5 Å². The standard InChI is InChI=1S/C40H30N4O/c1-28-21-23-33(24-22-28)44-38(30-15-7-3-8-16-30)25-32(39(44)31-17-9-4-10-18-31)27-41-43-40(45)35-26-37(29-13-5-2-6-14-29)42-36-20-12-11-19-34(35)36/h2-27H,1H3,(H,43,45)/b41-27-. The van der Waals surface area contributed by atoms with Gasteiger partial charge in [0.15, 0.2) is 0 Å². The number of hydrogen-bond acceptors (Lipinski definition) is 3. The summed E-state index contributed by atoms with van der Waals surface area (Å²) in [6, 6.07) is 50.6. The second kappa shape index (κ2) is 12.3. The number of carbonyl (C=O) groups is 1. The lowest BCUT2D eigenvalue weighted by Crippen LogP contribution is -2.18. The van der Waals surface area contributed by atoms with Gasteiger partial charge in [-0.15, -0.1) is 0 Å². The highest BCUT2D eigenvalue weighted by Gasteiger charge is 2.19. The van der Waals surface area contributed by atoms with Gasteiger partial charge in [0, 0.05) is 22.2 Å². The first-order valence-corrected chi connectivity index (χ1v) is 14.9. The Morgan fingerprint density at radius 1 is 0.689 bits per heavy atom. The van der Waals surface area contributed by atoms with Crippen LogP contribution in [-0.2, 0) is 0 Å². The van der Waals surface area contributed by atoms with E-state index in [2.05, 4.69) is 76.6 Å². The topological polar surface area (TPSA) is 59.3 Å². The number of aromatic nitrogens is 2. The number of pyridine rings is 1. The van der Waals surface area contributed by atoms with Crippen LogP contribution in [0.1, 0.15) is 21.5 Å². The van der Waals surface area contributed by atoms with Gasteiger partial charge in [-0.05, 0) is 48.4 Å². The van der Waals surface area contributed by atoms with Gasteiger partial charge in [-0.1, -0.05) is 127 Å². The van der Waals surface area contributed by atoms with Gasteiger partial charge in [0.05, 0.1) is 34.4 Å². The Kier molecular flexibility index (Phi) is 7.57. The van der Waals surface area contributed by atoms with E-state index in [0.717, 1.165) is 55.9 Å². The Balaban J connectivity index is 1.31. The number of carbonyl (C=O) groups excluding carboxylic acids is 1. The van der Waals surface area contributed by atoms with Crippen molar-refractivity contribution in [2.24, 2.45) is 5.10 Å². The second-order valence-corrected chi connectivity index (χ2v) is 10.9. The van der Waals surface area contributed by atoms with Crippen LogP contribution in [0, 0.1) is 6.92 Å². The first-order chi connectivity index (χ1) is 22.2. The van der Waals surface area contributed by atoms with Gasteiger partial charge >= 0.3 is 0 Å². The summed E-state index contributed by atoms with van der Waals surface area (Å²) in [5, 5.41) is 5.28. The second-order valence-electron chi connectivity index (χ2n) is 10.9. The first-order valence-electron chi connectivity index (χ1n) is 14.9. The van der Waals surface area contributed by atoms with E-state index in [1.807, 2.05) is 97.1 Å². The van der Waals surface area contributed by atoms with Gasteiger partial charge in [-0.2, -0.15) is 5.10 Å². The molecule has 5 nitrogen and oxygen atoms in total. The number of para-hydroxylation sites is 1. The molecule has 0 aliphatic rings. The molecular weight excluding hydrogens is 552 g/mol. The summed E-state index contributed by atoms with van der Waals surface area (Å²) in [6.07, 6.45) is 1.73. The zero-order valence-corrected chi connectivity index (χ0v) is 24.8. The number of fused-ring (bicyclic) bond motifs is 1. The molecule has 0 atom stereocenters. The highest BCUT2D eigenvalue weighted by molar-refractivity contribution is 6.07. The fraction of sp³-hybridized carbons (Fsp3) is 0.0250. The lowest BCUT2D eigenvalue weighted by molar-refractivity contribution is 0.0956. The summed E-state index contributed by atoms with van der Waals surface area (Å²) in [6.45, 7) is 2.09. The SMILES string of the molecule is Cc1ccc(-n2c(-c3ccccc3)cc(/C=N\NC(=O)c3cc(-c4ccccc4)nc4ccccc34)c2-c2ccccc2)cc1. The molecule has 1 N–H and O–H groups in total. The minimum atomic E-state index is -0.301.